The molecule has 0 aromatic heterocycles. The summed E-state index contributed by atoms with van der Waals surface area (Å²) >= 11 is 0. The second kappa shape index (κ2) is 3.39. The number of ether oxygens (including phenoxy) is 3. The second-order valence-electron chi connectivity index (χ2n) is 4.86. The minimum atomic E-state index is 0.153. The molecule has 0 bridgehead atoms. The van der Waals surface area contributed by atoms with Gasteiger partial charge in [-0.25, -0.2) is 0 Å². The molecule has 1 aromatic carbocycles. The van der Waals surface area contributed by atoms with Gasteiger partial charge in [0.25, 0.3) is 0 Å². The highest BCUT2D eigenvalue weighted by molar-refractivity contribution is 5.50. The lowest BCUT2D eigenvalue weighted by molar-refractivity contribution is -0.0504. The van der Waals surface area contributed by atoms with Gasteiger partial charge in [0.1, 0.15) is 13.2 Å². The molecule has 1 saturated heterocycles. The van der Waals surface area contributed by atoms with Crippen molar-refractivity contribution in [3.8, 4) is 11.5 Å². The number of fused-ring (bicyclic) bond motifs is 1. The van der Waals surface area contributed by atoms with E-state index in [-0.39, 0.29) is 5.41 Å². The largest absolute Gasteiger partial charge is 0.486 e. The average molecular weight is 220 g/mol. The molecule has 86 valence electrons. The standard InChI is InChI=1S/C13H16O3/c1-9-5-11-12(16-4-3-15-11)6-10(9)13(2)7-14-8-13/h5-6H,3-4,7-8H2,1-2H3. The Morgan fingerprint density at radius 1 is 1.06 bits per heavy atom. The molecule has 2 aliphatic heterocycles. The number of aryl methyl sites for hydroxylation is 1. The van der Waals surface area contributed by atoms with E-state index in [1.54, 1.807) is 0 Å². The fourth-order valence-electron chi connectivity index (χ4n) is 2.40. The second-order valence-corrected chi connectivity index (χ2v) is 4.86. The van der Waals surface area contributed by atoms with Crippen molar-refractivity contribution in [1.82, 2.24) is 0 Å². The Hall–Kier alpha value is -1.22. The van der Waals surface area contributed by atoms with Crippen molar-refractivity contribution in [1.29, 1.82) is 0 Å². The molecule has 2 aliphatic rings. The molecule has 3 heteroatoms. The van der Waals surface area contributed by atoms with Gasteiger partial charge in [-0.1, -0.05) is 6.92 Å². The third-order valence-electron chi connectivity index (χ3n) is 3.38. The van der Waals surface area contributed by atoms with E-state index in [0.717, 1.165) is 24.7 Å². The SMILES string of the molecule is Cc1cc2c(cc1C1(C)COC1)OCCO2. The zero-order valence-electron chi connectivity index (χ0n) is 9.71. The maximum Gasteiger partial charge on any atom is 0.161 e. The van der Waals surface area contributed by atoms with Gasteiger partial charge in [0.2, 0.25) is 0 Å². The highest BCUT2D eigenvalue weighted by Crippen LogP contribution is 2.40. The summed E-state index contributed by atoms with van der Waals surface area (Å²) in [5.41, 5.74) is 2.73. The van der Waals surface area contributed by atoms with E-state index < -0.39 is 0 Å². The van der Waals surface area contributed by atoms with Gasteiger partial charge < -0.3 is 14.2 Å². The smallest absolute Gasteiger partial charge is 0.161 e. The summed E-state index contributed by atoms with van der Waals surface area (Å²) in [6.07, 6.45) is 0. The Balaban J connectivity index is 2.05. The van der Waals surface area contributed by atoms with Crippen molar-refractivity contribution in [2.24, 2.45) is 0 Å². The molecule has 0 N–H and O–H groups in total. The van der Waals surface area contributed by atoms with E-state index in [4.69, 9.17) is 14.2 Å². The van der Waals surface area contributed by atoms with Crippen molar-refractivity contribution in [3.05, 3.63) is 23.3 Å². The van der Waals surface area contributed by atoms with Crippen molar-refractivity contribution in [2.75, 3.05) is 26.4 Å². The van der Waals surface area contributed by atoms with Crippen LogP contribution in [0, 0.1) is 6.92 Å². The Labute approximate surface area is 95.3 Å². The highest BCUT2D eigenvalue weighted by atomic mass is 16.6. The first-order valence-electron chi connectivity index (χ1n) is 5.67. The predicted octanol–water partition coefficient (Wildman–Crippen LogP) is 2.05. The lowest BCUT2D eigenvalue weighted by atomic mass is 9.78. The van der Waals surface area contributed by atoms with Gasteiger partial charge >= 0.3 is 0 Å². The third kappa shape index (κ3) is 1.39. The van der Waals surface area contributed by atoms with E-state index >= 15 is 0 Å². The monoisotopic (exact) mass is 220 g/mol. The van der Waals surface area contributed by atoms with E-state index in [1.165, 1.54) is 11.1 Å². The van der Waals surface area contributed by atoms with Crippen LogP contribution in [0.2, 0.25) is 0 Å². The molecule has 16 heavy (non-hydrogen) atoms. The van der Waals surface area contributed by atoms with Crippen molar-refractivity contribution < 1.29 is 14.2 Å². The van der Waals surface area contributed by atoms with Crippen LogP contribution in [0.15, 0.2) is 12.1 Å². The van der Waals surface area contributed by atoms with Crippen LogP contribution >= 0.6 is 0 Å². The van der Waals surface area contributed by atoms with Crippen LogP contribution in [0.25, 0.3) is 0 Å². The van der Waals surface area contributed by atoms with Gasteiger partial charge in [0, 0.05) is 5.41 Å². The van der Waals surface area contributed by atoms with E-state index in [2.05, 4.69) is 26.0 Å². The summed E-state index contributed by atoms with van der Waals surface area (Å²) in [6.45, 7) is 7.24. The number of rotatable bonds is 1. The fraction of sp³-hybridized carbons (Fsp3) is 0.538. The number of hydrogen-bond acceptors (Lipinski definition) is 3. The molecular weight excluding hydrogens is 204 g/mol. The fourth-order valence-corrected chi connectivity index (χ4v) is 2.40. The Bertz CT molecular complexity index is 421. The summed E-state index contributed by atoms with van der Waals surface area (Å²) in [5, 5.41) is 0. The van der Waals surface area contributed by atoms with Gasteiger partial charge in [-0.05, 0) is 30.2 Å². The topological polar surface area (TPSA) is 27.7 Å². The van der Waals surface area contributed by atoms with Gasteiger partial charge in [-0.15, -0.1) is 0 Å². The molecule has 2 heterocycles. The van der Waals surface area contributed by atoms with Crippen molar-refractivity contribution in [2.45, 2.75) is 19.3 Å². The first kappa shape index (κ1) is 9.97. The maximum atomic E-state index is 5.62. The van der Waals surface area contributed by atoms with Gasteiger partial charge in [0.05, 0.1) is 13.2 Å². The summed E-state index contributed by atoms with van der Waals surface area (Å²) in [7, 11) is 0. The van der Waals surface area contributed by atoms with Crippen molar-refractivity contribution >= 4 is 0 Å². The molecule has 0 unspecified atom stereocenters. The molecule has 0 saturated carbocycles. The van der Waals surface area contributed by atoms with Gasteiger partial charge in [0.15, 0.2) is 11.5 Å². The Morgan fingerprint density at radius 3 is 2.25 bits per heavy atom. The average Bonchev–Trinajstić information content (AvgIpc) is 2.25. The molecule has 0 radical (unpaired) electrons. The summed E-state index contributed by atoms with van der Waals surface area (Å²) < 4.78 is 16.5. The van der Waals surface area contributed by atoms with Gasteiger partial charge in [-0.2, -0.15) is 0 Å². The molecule has 0 spiro atoms. The summed E-state index contributed by atoms with van der Waals surface area (Å²) in [6, 6.07) is 4.19. The Morgan fingerprint density at radius 2 is 1.69 bits per heavy atom. The molecule has 3 nitrogen and oxygen atoms in total. The maximum absolute atomic E-state index is 5.62. The van der Waals surface area contributed by atoms with E-state index in [0.29, 0.717) is 13.2 Å². The molecule has 0 aliphatic carbocycles. The van der Waals surface area contributed by atoms with Crippen LogP contribution in [0.3, 0.4) is 0 Å². The lowest BCUT2D eigenvalue weighted by Crippen LogP contribution is -2.44. The summed E-state index contributed by atoms with van der Waals surface area (Å²) in [4.78, 5) is 0. The minimum absolute atomic E-state index is 0.153. The lowest BCUT2D eigenvalue weighted by Gasteiger charge is -2.40. The molecule has 1 fully saturated rings. The van der Waals surface area contributed by atoms with Crippen LogP contribution in [-0.4, -0.2) is 26.4 Å². The number of benzene rings is 1. The minimum Gasteiger partial charge on any atom is -0.486 e. The zero-order valence-corrected chi connectivity index (χ0v) is 9.71. The molecular formula is C13H16O3. The van der Waals surface area contributed by atoms with Crippen molar-refractivity contribution in [3.63, 3.8) is 0 Å². The zero-order chi connectivity index (χ0) is 11.2. The summed E-state index contributed by atoms with van der Waals surface area (Å²) in [5.74, 6) is 1.75. The normalized spacial score (nSPS) is 21.4. The predicted molar refractivity (Wildman–Crippen MR) is 60.3 cm³/mol. The van der Waals surface area contributed by atoms with Crippen LogP contribution < -0.4 is 9.47 Å². The first-order valence-corrected chi connectivity index (χ1v) is 5.67. The first-order chi connectivity index (χ1) is 7.69. The third-order valence-corrected chi connectivity index (χ3v) is 3.38. The number of hydrogen-bond donors (Lipinski definition) is 0. The van der Waals surface area contributed by atoms with Crippen LogP contribution in [0.4, 0.5) is 0 Å². The highest BCUT2D eigenvalue weighted by Gasteiger charge is 2.37. The quantitative estimate of drug-likeness (QED) is 0.725. The molecule has 0 atom stereocenters. The van der Waals surface area contributed by atoms with Crippen LogP contribution in [0.1, 0.15) is 18.1 Å². The molecule has 0 amide bonds. The van der Waals surface area contributed by atoms with E-state index in [1.807, 2.05) is 0 Å². The van der Waals surface area contributed by atoms with Gasteiger partial charge in [-0.3, -0.25) is 0 Å². The molecule has 1 aromatic rings. The molecule has 3 rings (SSSR count). The van der Waals surface area contributed by atoms with Crippen LogP contribution in [-0.2, 0) is 10.2 Å². The van der Waals surface area contributed by atoms with Crippen LogP contribution in [0.5, 0.6) is 11.5 Å². The Kier molecular flexibility index (Phi) is 2.11. The van der Waals surface area contributed by atoms with E-state index in [9.17, 15) is 0 Å².